The number of carbonyl (C=O) groups is 1. The number of rotatable bonds is 4. The van der Waals surface area contributed by atoms with Gasteiger partial charge in [0, 0.05) is 19.7 Å². The molecule has 92 valence electrons. The molecule has 2 aliphatic rings. The van der Waals surface area contributed by atoms with Gasteiger partial charge in [0.15, 0.2) is 0 Å². The minimum atomic E-state index is -0.179. The maximum absolute atomic E-state index is 11.6. The number of likely N-dealkylation sites (tertiary alicyclic amines) is 1. The van der Waals surface area contributed by atoms with E-state index in [1.807, 2.05) is 0 Å². The molecule has 2 fully saturated rings. The van der Waals surface area contributed by atoms with Gasteiger partial charge in [-0.1, -0.05) is 6.42 Å². The Hall–Kier alpha value is -0.610. The third-order valence-corrected chi connectivity index (χ3v) is 3.40. The standard InChI is InChI=1S/C12H22N2O2/c15-12(11-5-4-10-16-11)13-6-9-14-7-2-1-3-8-14/h11H,1-10H2,(H,13,15)/t11-/m0/s1. The average Bonchev–Trinajstić information content (AvgIpc) is 2.84. The summed E-state index contributed by atoms with van der Waals surface area (Å²) in [5.41, 5.74) is 0. The van der Waals surface area contributed by atoms with Crippen molar-refractivity contribution in [2.45, 2.75) is 38.2 Å². The molecule has 1 amide bonds. The number of amides is 1. The highest BCUT2D eigenvalue weighted by molar-refractivity contribution is 5.80. The van der Waals surface area contributed by atoms with Crippen molar-refractivity contribution in [1.29, 1.82) is 0 Å². The lowest BCUT2D eigenvalue weighted by molar-refractivity contribution is -0.130. The summed E-state index contributed by atoms with van der Waals surface area (Å²) in [4.78, 5) is 14.1. The van der Waals surface area contributed by atoms with Gasteiger partial charge in [-0.3, -0.25) is 4.79 Å². The lowest BCUT2D eigenvalue weighted by atomic mass is 10.1. The van der Waals surface area contributed by atoms with Crippen molar-refractivity contribution in [2.24, 2.45) is 0 Å². The molecule has 0 saturated carbocycles. The van der Waals surface area contributed by atoms with Crippen molar-refractivity contribution in [3.63, 3.8) is 0 Å². The van der Waals surface area contributed by atoms with Gasteiger partial charge in [0.2, 0.25) is 5.91 Å². The molecule has 0 aliphatic carbocycles. The summed E-state index contributed by atoms with van der Waals surface area (Å²) in [6.45, 7) is 4.87. The second-order valence-corrected chi connectivity index (χ2v) is 4.69. The highest BCUT2D eigenvalue weighted by atomic mass is 16.5. The highest BCUT2D eigenvalue weighted by Crippen LogP contribution is 2.11. The summed E-state index contributed by atoms with van der Waals surface area (Å²) < 4.78 is 5.33. The van der Waals surface area contributed by atoms with Crippen molar-refractivity contribution in [3.05, 3.63) is 0 Å². The third-order valence-electron chi connectivity index (χ3n) is 3.40. The van der Waals surface area contributed by atoms with Crippen LogP contribution in [0.15, 0.2) is 0 Å². The van der Waals surface area contributed by atoms with Crippen LogP contribution in [0.5, 0.6) is 0 Å². The smallest absolute Gasteiger partial charge is 0.249 e. The molecule has 16 heavy (non-hydrogen) atoms. The monoisotopic (exact) mass is 226 g/mol. The van der Waals surface area contributed by atoms with Gasteiger partial charge in [-0.15, -0.1) is 0 Å². The fraction of sp³-hybridized carbons (Fsp3) is 0.917. The van der Waals surface area contributed by atoms with E-state index in [9.17, 15) is 4.79 Å². The first-order valence-electron chi connectivity index (χ1n) is 6.48. The number of hydrogen-bond donors (Lipinski definition) is 1. The molecule has 0 aromatic carbocycles. The molecule has 0 unspecified atom stereocenters. The topological polar surface area (TPSA) is 41.6 Å². The van der Waals surface area contributed by atoms with Crippen LogP contribution in [0.25, 0.3) is 0 Å². The summed E-state index contributed by atoms with van der Waals surface area (Å²) in [5, 5.41) is 2.97. The number of carbonyl (C=O) groups excluding carboxylic acids is 1. The third kappa shape index (κ3) is 3.46. The predicted octanol–water partition coefficient (Wildman–Crippen LogP) is 0.767. The predicted molar refractivity (Wildman–Crippen MR) is 62.3 cm³/mol. The van der Waals surface area contributed by atoms with Crippen LogP contribution in [0, 0.1) is 0 Å². The van der Waals surface area contributed by atoms with Crippen LogP contribution in [0.3, 0.4) is 0 Å². The molecule has 0 radical (unpaired) electrons. The molecule has 1 N–H and O–H groups in total. The van der Waals surface area contributed by atoms with Gasteiger partial charge in [0.05, 0.1) is 0 Å². The van der Waals surface area contributed by atoms with Crippen LogP contribution in [-0.2, 0) is 9.53 Å². The minimum Gasteiger partial charge on any atom is -0.368 e. The molecule has 0 aromatic rings. The SMILES string of the molecule is O=C(NCCN1CCCCC1)[C@@H]1CCCO1. The molecule has 0 spiro atoms. The van der Waals surface area contributed by atoms with Gasteiger partial charge in [-0.25, -0.2) is 0 Å². The van der Waals surface area contributed by atoms with Crippen molar-refractivity contribution < 1.29 is 9.53 Å². The lowest BCUT2D eigenvalue weighted by Gasteiger charge is -2.26. The van der Waals surface area contributed by atoms with Gasteiger partial charge in [-0.2, -0.15) is 0 Å². The molecule has 2 heterocycles. The van der Waals surface area contributed by atoms with Crippen LogP contribution in [0.2, 0.25) is 0 Å². The molecule has 0 bridgehead atoms. The van der Waals surface area contributed by atoms with Crippen LogP contribution in [0.4, 0.5) is 0 Å². The second-order valence-electron chi connectivity index (χ2n) is 4.69. The summed E-state index contributed by atoms with van der Waals surface area (Å²) in [6.07, 6.45) is 5.69. The molecular formula is C12H22N2O2. The van der Waals surface area contributed by atoms with Crippen LogP contribution < -0.4 is 5.32 Å². The van der Waals surface area contributed by atoms with E-state index >= 15 is 0 Å². The zero-order valence-electron chi connectivity index (χ0n) is 9.91. The Kier molecular flexibility index (Phi) is 4.60. The largest absolute Gasteiger partial charge is 0.368 e. The van der Waals surface area contributed by atoms with Gasteiger partial charge in [-0.05, 0) is 38.8 Å². The first-order chi connectivity index (χ1) is 7.86. The Labute approximate surface area is 97.3 Å². The maximum Gasteiger partial charge on any atom is 0.249 e. The quantitative estimate of drug-likeness (QED) is 0.770. The van der Waals surface area contributed by atoms with Gasteiger partial charge in [0.1, 0.15) is 6.10 Å². The van der Waals surface area contributed by atoms with E-state index in [0.29, 0.717) is 0 Å². The van der Waals surface area contributed by atoms with E-state index in [-0.39, 0.29) is 12.0 Å². The summed E-state index contributed by atoms with van der Waals surface area (Å²) in [5.74, 6) is 0.0782. The van der Waals surface area contributed by atoms with E-state index in [4.69, 9.17) is 4.74 Å². The van der Waals surface area contributed by atoms with E-state index in [2.05, 4.69) is 10.2 Å². The molecule has 2 saturated heterocycles. The van der Waals surface area contributed by atoms with Gasteiger partial charge in [0.25, 0.3) is 0 Å². The number of ether oxygens (including phenoxy) is 1. The molecule has 4 heteroatoms. The van der Waals surface area contributed by atoms with Crippen molar-refractivity contribution in [1.82, 2.24) is 10.2 Å². The van der Waals surface area contributed by atoms with E-state index in [1.54, 1.807) is 0 Å². The number of piperidine rings is 1. The fourth-order valence-corrected chi connectivity index (χ4v) is 2.42. The zero-order chi connectivity index (χ0) is 11.2. The Morgan fingerprint density at radius 3 is 2.75 bits per heavy atom. The number of hydrogen-bond acceptors (Lipinski definition) is 3. The Morgan fingerprint density at radius 2 is 2.06 bits per heavy atom. The van der Waals surface area contributed by atoms with E-state index in [0.717, 1.165) is 32.5 Å². The first-order valence-corrected chi connectivity index (χ1v) is 6.48. The summed E-state index contributed by atoms with van der Waals surface area (Å²) in [6, 6.07) is 0. The van der Waals surface area contributed by atoms with Crippen LogP contribution in [-0.4, -0.2) is 49.7 Å². The van der Waals surface area contributed by atoms with Crippen LogP contribution >= 0.6 is 0 Å². The van der Waals surface area contributed by atoms with Crippen LogP contribution in [0.1, 0.15) is 32.1 Å². The second kappa shape index (κ2) is 6.21. The lowest BCUT2D eigenvalue weighted by Crippen LogP contribution is -2.41. The molecule has 0 aromatic heterocycles. The Balaban J connectivity index is 1.57. The zero-order valence-corrected chi connectivity index (χ0v) is 9.91. The van der Waals surface area contributed by atoms with Gasteiger partial charge >= 0.3 is 0 Å². The Morgan fingerprint density at radius 1 is 1.25 bits per heavy atom. The summed E-state index contributed by atoms with van der Waals surface area (Å²) in [7, 11) is 0. The van der Waals surface area contributed by atoms with Crippen molar-refractivity contribution in [3.8, 4) is 0 Å². The highest BCUT2D eigenvalue weighted by Gasteiger charge is 2.23. The average molecular weight is 226 g/mol. The minimum absolute atomic E-state index is 0.0782. The summed E-state index contributed by atoms with van der Waals surface area (Å²) >= 11 is 0. The van der Waals surface area contributed by atoms with Crippen molar-refractivity contribution >= 4 is 5.91 Å². The molecular weight excluding hydrogens is 204 g/mol. The number of nitrogens with zero attached hydrogens (tertiary/aromatic N) is 1. The Bertz CT molecular complexity index is 221. The van der Waals surface area contributed by atoms with E-state index in [1.165, 1.54) is 32.4 Å². The first kappa shape index (κ1) is 11.9. The molecule has 4 nitrogen and oxygen atoms in total. The van der Waals surface area contributed by atoms with E-state index < -0.39 is 0 Å². The maximum atomic E-state index is 11.6. The fourth-order valence-electron chi connectivity index (χ4n) is 2.42. The molecule has 2 aliphatic heterocycles. The molecule has 1 atom stereocenters. The van der Waals surface area contributed by atoms with Crippen molar-refractivity contribution in [2.75, 3.05) is 32.8 Å². The number of nitrogens with one attached hydrogen (secondary N) is 1. The normalized spacial score (nSPS) is 26.9. The molecule has 2 rings (SSSR count). The van der Waals surface area contributed by atoms with Gasteiger partial charge < -0.3 is 15.0 Å².